The summed E-state index contributed by atoms with van der Waals surface area (Å²) in [6.07, 6.45) is -94.1. The normalized spacial score (nSPS) is 46.6. The van der Waals surface area contributed by atoms with E-state index in [1.54, 1.807) is 0 Å². The highest BCUT2D eigenvalue weighted by atomic mass is 16.8. The van der Waals surface area contributed by atoms with Crippen LogP contribution in [0.1, 0.15) is 47.5 Å². The van der Waals surface area contributed by atoms with Gasteiger partial charge in [-0.2, -0.15) is 0 Å². The first-order valence-corrected chi connectivity index (χ1v) is 38.7. The van der Waals surface area contributed by atoms with E-state index in [1.165, 1.54) is 6.92 Å². The first-order valence-electron chi connectivity index (χ1n) is 38.7. The van der Waals surface area contributed by atoms with E-state index < -0.39 is 389 Å². The number of amides is 4. The smallest absolute Gasteiger partial charge is 0.364 e. The average molecular weight is 1800 g/mol. The summed E-state index contributed by atoms with van der Waals surface area (Å²) in [7, 11) is 0. The van der Waals surface area contributed by atoms with E-state index in [0.717, 1.165) is 27.7 Å². The molecule has 9 heterocycles. The lowest BCUT2D eigenvalue weighted by atomic mass is 9.88. The third-order valence-corrected chi connectivity index (χ3v) is 22.3. The minimum Gasteiger partial charge on any atom is -0.477 e. The molecular weight excluding hydrogens is 1690 g/mol. The number of ether oxygens (including phenoxy) is 17. The van der Waals surface area contributed by atoms with Crippen LogP contribution >= 0.6 is 0 Å². The van der Waals surface area contributed by atoms with Gasteiger partial charge in [-0.3, -0.25) is 19.2 Å². The maximum atomic E-state index is 13.7. The standard InChI is InChI=1S/C68H112N4O51/c1-16-35(87)43(95)46(98)61(109-16)120-55-38(90)25(10-75)111-62(47(55)99)116-50-28(13-78)113-59(33(42(50)94)71-19(4)81)107-14-29-41(93)56(48(100)63(115-29)117-51-27(12-77)110-58(102)45(97)44(51)96)119-60-34(72-20(5)82)52(40(92)30(114-60)15-108-67(65(103)104)6-21(83)31(69-17(2)79)53(121-67)36(88)23(85)8-73)118-64-49(101)57(39(91)26(11-76)112-64)123-68(66(105)106)7-22(84)32(70-18(3)80)54(122-68)37(89)24(86)9-74/h16,21-64,73-78,83-102H,6-15H2,1-5H3,(H,69,79)(H,70,80)(H,71,81)(H,72,82)(H,103,104)(H,105,106)/t16-,21-,22-,23+,24+,25+,26+,27+,28+,29+,30+,31+,32+,33+,34+,35+,36+,37+,38-,39-,40+,41-,42+,43+,44-,45+,46-,47+,48-,49+,50+,51+,52+,53+,54+,55-,56-,57-,58?,59+,60-,61-,62-,63-,64-,67+,68-/m0/s1. The molecule has 710 valence electrons. The molecule has 0 aliphatic carbocycles. The number of carbonyl (C=O) groups is 6. The predicted molar refractivity (Wildman–Crippen MR) is 376 cm³/mol. The van der Waals surface area contributed by atoms with Gasteiger partial charge in [0, 0.05) is 40.5 Å². The molecule has 9 fully saturated rings. The minimum absolute atomic E-state index is 0.783. The molecule has 9 aliphatic heterocycles. The van der Waals surface area contributed by atoms with Crippen LogP contribution in [0.3, 0.4) is 0 Å². The van der Waals surface area contributed by atoms with Gasteiger partial charge in [0.25, 0.3) is 11.6 Å². The summed E-state index contributed by atoms with van der Waals surface area (Å²) in [6.45, 7) is -5.26. The molecule has 0 bridgehead atoms. The van der Waals surface area contributed by atoms with Crippen LogP contribution in [0.2, 0.25) is 0 Å². The van der Waals surface area contributed by atoms with Gasteiger partial charge in [0.2, 0.25) is 23.6 Å². The minimum atomic E-state index is -3.45. The molecule has 123 heavy (non-hydrogen) atoms. The fourth-order valence-corrected chi connectivity index (χ4v) is 15.7. The van der Waals surface area contributed by atoms with Crippen molar-refractivity contribution in [2.24, 2.45) is 0 Å². The molecule has 0 aromatic rings. The van der Waals surface area contributed by atoms with Crippen LogP contribution in [0, 0.1) is 0 Å². The fraction of sp³-hybridized carbons (Fsp3) is 0.912. The van der Waals surface area contributed by atoms with Crippen molar-refractivity contribution in [2.45, 2.75) is 335 Å². The largest absolute Gasteiger partial charge is 0.477 e. The second-order valence-electron chi connectivity index (χ2n) is 31.0. The Bertz CT molecular complexity index is 3430. The number of carbonyl (C=O) groups excluding carboxylic acids is 4. The Hall–Kier alpha value is -4.90. The zero-order chi connectivity index (χ0) is 91.4. The first kappa shape index (κ1) is 102. The third-order valence-electron chi connectivity index (χ3n) is 22.3. The quantitative estimate of drug-likeness (QED) is 0.0284. The molecule has 0 radical (unpaired) electrons. The average Bonchev–Trinajstić information content (AvgIpc) is 1.18. The number of carboxylic acid groups (broad SMARTS) is 2. The van der Waals surface area contributed by atoms with Crippen LogP contribution in [0.15, 0.2) is 0 Å². The van der Waals surface area contributed by atoms with Crippen molar-refractivity contribution in [1.82, 2.24) is 21.3 Å². The zero-order valence-electron chi connectivity index (χ0n) is 66.0. The van der Waals surface area contributed by atoms with Gasteiger partial charge in [-0.1, -0.05) is 0 Å². The van der Waals surface area contributed by atoms with E-state index in [1.807, 2.05) is 0 Å². The van der Waals surface area contributed by atoms with Crippen LogP contribution in [-0.2, 0) is 109 Å². The summed E-state index contributed by atoms with van der Waals surface area (Å²) in [5, 5.41) is 321. The van der Waals surface area contributed by atoms with Crippen LogP contribution in [0.25, 0.3) is 0 Å². The van der Waals surface area contributed by atoms with Crippen molar-refractivity contribution < 1.29 is 252 Å². The second-order valence-corrected chi connectivity index (χ2v) is 31.0. The molecule has 0 aromatic carbocycles. The number of aliphatic carboxylic acids is 2. The first-order chi connectivity index (χ1) is 57.8. The van der Waals surface area contributed by atoms with Gasteiger partial charge in [0.15, 0.2) is 44.0 Å². The highest BCUT2D eigenvalue weighted by molar-refractivity contribution is 5.78. The molecular formula is C68H112N4O51. The summed E-state index contributed by atoms with van der Waals surface area (Å²) in [4.78, 5) is 78.8. The highest BCUT2D eigenvalue weighted by Gasteiger charge is 2.64. The van der Waals surface area contributed by atoms with Crippen LogP contribution < -0.4 is 21.3 Å². The molecule has 0 spiro atoms. The molecule has 47 atom stereocenters. The number of rotatable bonds is 34. The SMILES string of the molecule is CC(=O)N[C@H]1[C@H](OC[C@H]2O[C@@H](O[C@H]3[C@@H](O)[C@@H](O)C(O)O[C@@H]3CO)[C@@H](O)[C@@H](O[C@@H]3O[C@H](CO[C@]4(C(=O)O)C[C@H](O)[C@@H](NC(C)=O)[C@H]([C@H](O)[C@H](O)CO)O4)[C@@H](O)[C@H](O[C@@H]4O[C@H](CO)[C@H](O)[C@H](O[C@]5(C(=O)O)C[C@H](O)[C@@H](NC(C)=O)[C@H]([C@H](O)[C@H](O)CO)O5)[C@H]4O)[C@H]3NC(C)=O)[C@H]2O)O[C@H](CO)[C@@H](O[C@@H]2O[C@H](CO)[C@H](O)[C@H](O[C@@H]3O[C@@H](C)[C@@H](O)[C@@H](O)[C@@H]3O)[C@H]2O)[C@@H]1O. The Morgan fingerprint density at radius 3 is 1.20 bits per heavy atom. The van der Waals surface area contributed by atoms with Crippen LogP contribution in [0.4, 0.5) is 0 Å². The van der Waals surface area contributed by atoms with Gasteiger partial charge in [-0.05, 0) is 6.92 Å². The Morgan fingerprint density at radius 1 is 0.358 bits per heavy atom. The molecule has 1 unspecified atom stereocenters. The predicted octanol–water partition coefficient (Wildman–Crippen LogP) is -20.6. The van der Waals surface area contributed by atoms with Crippen molar-refractivity contribution in [3.63, 3.8) is 0 Å². The number of carboxylic acids is 2. The van der Waals surface area contributed by atoms with Crippen molar-refractivity contribution in [3.8, 4) is 0 Å². The summed E-state index contributed by atoms with van der Waals surface area (Å²) in [5.74, 6) is -15.3. The maximum absolute atomic E-state index is 13.7. The Balaban J connectivity index is 1.09. The van der Waals surface area contributed by atoms with Crippen molar-refractivity contribution in [2.75, 3.05) is 52.9 Å². The summed E-state index contributed by atoms with van der Waals surface area (Å²) in [6, 6.07) is -7.98. The summed E-state index contributed by atoms with van der Waals surface area (Å²) in [5.41, 5.74) is 0. The van der Waals surface area contributed by atoms with Crippen molar-refractivity contribution in [1.29, 1.82) is 0 Å². The molecule has 55 nitrogen and oxygen atoms in total. The molecule has 9 aliphatic rings. The molecule has 9 rings (SSSR count). The monoisotopic (exact) mass is 1800 g/mol. The van der Waals surface area contributed by atoms with E-state index in [9.17, 15) is 172 Å². The van der Waals surface area contributed by atoms with E-state index in [-0.39, 0.29) is 0 Å². The Kier molecular flexibility index (Phi) is 35.8. The van der Waals surface area contributed by atoms with Gasteiger partial charge in [-0.15, -0.1) is 0 Å². The van der Waals surface area contributed by atoms with Crippen molar-refractivity contribution >= 4 is 35.6 Å². The molecule has 0 aromatic heterocycles. The molecule has 32 N–H and O–H groups in total. The number of hydrogen-bond donors (Lipinski definition) is 32. The molecule has 9 saturated heterocycles. The Labute approximate surface area is 694 Å². The zero-order valence-corrected chi connectivity index (χ0v) is 66.0. The highest BCUT2D eigenvalue weighted by Crippen LogP contribution is 2.43. The number of aliphatic hydroxyl groups excluding tert-OH is 26. The van der Waals surface area contributed by atoms with E-state index in [4.69, 9.17) is 80.5 Å². The maximum Gasteiger partial charge on any atom is 0.364 e. The molecule has 4 amide bonds. The molecule has 55 heteroatoms. The summed E-state index contributed by atoms with van der Waals surface area (Å²) < 4.78 is 99.8. The lowest BCUT2D eigenvalue weighted by molar-refractivity contribution is -0.393. The van der Waals surface area contributed by atoms with Gasteiger partial charge < -0.3 is 245 Å². The Morgan fingerprint density at radius 2 is 0.724 bits per heavy atom. The van der Waals surface area contributed by atoms with E-state index in [0.29, 0.717) is 0 Å². The van der Waals surface area contributed by atoms with Crippen LogP contribution in [0.5, 0.6) is 0 Å². The van der Waals surface area contributed by atoms with Gasteiger partial charge in [0.05, 0.1) is 83.3 Å². The van der Waals surface area contributed by atoms with Crippen molar-refractivity contribution in [3.05, 3.63) is 0 Å². The van der Waals surface area contributed by atoms with E-state index >= 15 is 0 Å². The lowest BCUT2D eigenvalue weighted by Gasteiger charge is -2.52. The molecule has 0 saturated carbocycles. The topological polar surface area (TPSA) is 874 Å². The number of nitrogens with one attached hydrogen (secondary N) is 4. The number of aliphatic hydroxyl groups is 26. The number of hydrogen-bond acceptors (Lipinski definition) is 49. The lowest BCUT2D eigenvalue weighted by Crippen LogP contribution is -2.72. The van der Waals surface area contributed by atoms with E-state index in [2.05, 4.69) is 21.3 Å². The second kappa shape index (κ2) is 43.2. The summed E-state index contributed by atoms with van der Waals surface area (Å²) >= 11 is 0. The van der Waals surface area contributed by atoms with Gasteiger partial charge in [0.1, 0.15) is 201 Å². The fourth-order valence-electron chi connectivity index (χ4n) is 15.7. The third kappa shape index (κ3) is 22.4. The van der Waals surface area contributed by atoms with Crippen LogP contribution in [-0.4, -0.2) is 519 Å². The van der Waals surface area contributed by atoms with Gasteiger partial charge in [-0.25, -0.2) is 9.59 Å². The van der Waals surface area contributed by atoms with Gasteiger partial charge >= 0.3 is 11.9 Å².